The highest BCUT2D eigenvalue weighted by Crippen LogP contribution is 2.22. The first kappa shape index (κ1) is 14.9. The van der Waals surface area contributed by atoms with Gasteiger partial charge in [-0.25, -0.2) is 4.98 Å². The standard InChI is InChI=1S/C15H16ClN3S2/c1-17-13(10-21-14-4-2-11(16)3-5-14)8-12-9-19-6-7-20-15(19)18-12/h2-7,9,13,17H,8,10H2,1H3. The Morgan fingerprint density at radius 3 is 2.90 bits per heavy atom. The van der Waals surface area contributed by atoms with Crippen molar-refractivity contribution in [1.29, 1.82) is 0 Å². The number of halogens is 1. The minimum atomic E-state index is 0.398. The smallest absolute Gasteiger partial charge is 0.193 e. The van der Waals surface area contributed by atoms with Crippen LogP contribution < -0.4 is 5.32 Å². The molecule has 2 heterocycles. The Hall–Kier alpha value is -1.01. The van der Waals surface area contributed by atoms with Crippen LogP contribution in [0.1, 0.15) is 5.69 Å². The number of fused-ring (bicyclic) bond motifs is 1. The van der Waals surface area contributed by atoms with Gasteiger partial charge >= 0.3 is 0 Å². The number of thiazole rings is 1. The maximum absolute atomic E-state index is 5.91. The summed E-state index contributed by atoms with van der Waals surface area (Å²) >= 11 is 9.41. The third-order valence-electron chi connectivity index (χ3n) is 3.27. The molecule has 6 heteroatoms. The number of hydrogen-bond acceptors (Lipinski definition) is 4. The molecule has 0 aliphatic heterocycles. The summed E-state index contributed by atoms with van der Waals surface area (Å²) in [6.07, 6.45) is 5.10. The van der Waals surface area contributed by atoms with E-state index in [-0.39, 0.29) is 0 Å². The van der Waals surface area contributed by atoms with Crippen LogP contribution in [0.15, 0.2) is 46.9 Å². The van der Waals surface area contributed by atoms with E-state index in [2.05, 4.69) is 38.4 Å². The van der Waals surface area contributed by atoms with Crippen LogP contribution in [0.3, 0.4) is 0 Å². The molecule has 2 aromatic heterocycles. The second-order valence-electron chi connectivity index (χ2n) is 4.78. The van der Waals surface area contributed by atoms with E-state index in [0.29, 0.717) is 6.04 Å². The average molecular weight is 338 g/mol. The lowest BCUT2D eigenvalue weighted by molar-refractivity contribution is 0.611. The Kier molecular flexibility index (Phi) is 4.85. The largest absolute Gasteiger partial charge is 0.316 e. The first-order valence-electron chi connectivity index (χ1n) is 6.71. The van der Waals surface area contributed by atoms with Gasteiger partial charge in [-0.3, -0.25) is 4.40 Å². The lowest BCUT2D eigenvalue weighted by Crippen LogP contribution is -2.30. The normalized spacial score (nSPS) is 12.9. The van der Waals surface area contributed by atoms with Crippen molar-refractivity contribution in [2.75, 3.05) is 12.8 Å². The molecule has 0 spiro atoms. The minimum Gasteiger partial charge on any atom is -0.316 e. The molecule has 1 N–H and O–H groups in total. The monoisotopic (exact) mass is 337 g/mol. The number of benzene rings is 1. The second kappa shape index (κ2) is 6.83. The summed E-state index contributed by atoms with van der Waals surface area (Å²) in [5, 5.41) is 6.21. The molecule has 3 nitrogen and oxygen atoms in total. The number of thioether (sulfide) groups is 1. The number of likely N-dealkylation sites (N-methyl/N-ethyl adjacent to an activating group) is 1. The van der Waals surface area contributed by atoms with Crippen LogP contribution in [0.2, 0.25) is 5.02 Å². The average Bonchev–Trinajstić information content (AvgIpc) is 3.06. The third kappa shape index (κ3) is 3.80. The molecule has 1 atom stereocenters. The van der Waals surface area contributed by atoms with Crippen LogP contribution in [-0.2, 0) is 6.42 Å². The van der Waals surface area contributed by atoms with Crippen LogP contribution in [-0.4, -0.2) is 28.2 Å². The summed E-state index contributed by atoms with van der Waals surface area (Å²) in [5.74, 6) is 1.00. The van der Waals surface area contributed by atoms with E-state index < -0.39 is 0 Å². The highest BCUT2D eigenvalue weighted by Gasteiger charge is 2.11. The summed E-state index contributed by atoms with van der Waals surface area (Å²) in [6.45, 7) is 0. The van der Waals surface area contributed by atoms with Gasteiger partial charge in [0, 0.05) is 45.9 Å². The highest BCUT2D eigenvalue weighted by molar-refractivity contribution is 7.99. The lowest BCUT2D eigenvalue weighted by Gasteiger charge is -2.14. The summed E-state index contributed by atoms with van der Waals surface area (Å²) in [6, 6.07) is 8.39. The molecule has 110 valence electrons. The zero-order chi connectivity index (χ0) is 14.7. The quantitative estimate of drug-likeness (QED) is 0.690. The first-order valence-corrected chi connectivity index (χ1v) is 8.95. The molecule has 0 saturated carbocycles. The van der Waals surface area contributed by atoms with Crippen molar-refractivity contribution < 1.29 is 0 Å². The van der Waals surface area contributed by atoms with Gasteiger partial charge in [-0.05, 0) is 31.3 Å². The van der Waals surface area contributed by atoms with E-state index in [1.165, 1.54) is 4.90 Å². The number of rotatable bonds is 6. The zero-order valence-corrected chi connectivity index (χ0v) is 14.0. The first-order chi connectivity index (χ1) is 10.2. The van der Waals surface area contributed by atoms with Crippen LogP contribution in [0.25, 0.3) is 4.96 Å². The van der Waals surface area contributed by atoms with Crippen molar-refractivity contribution in [1.82, 2.24) is 14.7 Å². The van der Waals surface area contributed by atoms with Crippen molar-refractivity contribution >= 4 is 39.7 Å². The van der Waals surface area contributed by atoms with Crippen LogP contribution >= 0.6 is 34.7 Å². The molecule has 0 aliphatic carbocycles. The van der Waals surface area contributed by atoms with Crippen LogP contribution in [0, 0.1) is 0 Å². The summed E-state index contributed by atoms with van der Waals surface area (Å²) in [7, 11) is 2.01. The van der Waals surface area contributed by atoms with Crippen molar-refractivity contribution in [3.8, 4) is 0 Å². The van der Waals surface area contributed by atoms with Crippen LogP contribution in [0.5, 0.6) is 0 Å². The van der Waals surface area contributed by atoms with Gasteiger partial charge in [0.05, 0.1) is 5.69 Å². The van der Waals surface area contributed by atoms with Gasteiger partial charge in [0.1, 0.15) is 0 Å². The maximum Gasteiger partial charge on any atom is 0.193 e. The van der Waals surface area contributed by atoms with Gasteiger partial charge in [-0.1, -0.05) is 11.6 Å². The SMILES string of the molecule is CNC(CSc1ccc(Cl)cc1)Cc1cn2ccsc2n1. The second-order valence-corrected chi connectivity index (χ2v) is 7.18. The van der Waals surface area contributed by atoms with Gasteiger partial charge in [-0.15, -0.1) is 23.1 Å². The van der Waals surface area contributed by atoms with Gasteiger partial charge in [-0.2, -0.15) is 0 Å². The van der Waals surface area contributed by atoms with Gasteiger partial charge in [0.25, 0.3) is 0 Å². The maximum atomic E-state index is 5.91. The lowest BCUT2D eigenvalue weighted by atomic mass is 10.2. The highest BCUT2D eigenvalue weighted by atomic mass is 35.5. The molecule has 0 fully saturated rings. The number of nitrogens with zero attached hydrogens (tertiary/aromatic N) is 2. The van der Waals surface area contributed by atoms with Gasteiger partial charge in [0.2, 0.25) is 0 Å². The molecule has 21 heavy (non-hydrogen) atoms. The Balaban J connectivity index is 1.59. The van der Waals surface area contributed by atoms with E-state index in [1.54, 1.807) is 11.3 Å². The molecular formula is C15H16ClN3S2. The Labute approximate surface area is 137 Å². The fraction of sp³-hybridized carbons (Fsp3) is 0.267. The molecular weight excluding hydrogens is 322 g/mol. The molecule has 0 bridgehead atoms. The number of imidazole rings is 1. The predicted molar refractivity (Wildman–Crippen MR) is 91.8 cm³/mol. The van der Waals surface area contributed by atoms with E-state index in [4.69, 9.17) is 11.6 Å². The molecule has 3 aromatic rings. The minimum absolute atomic E-state index is 0.398. The Morgan fingerprint density at radius 1 is 1.38 bits per heavy atom. The molecule has 3 rings (SSSR count). The van der Waals surface area contributed by atoms with Crippen LogP contribution in [0.4, 0.5) is 0 Å². The molecule has 1 aromatic carbocycles. The summed E-state index contributed by atoms with van der Waals surface area (Å²) in [5.41, 5.74) is 1.14. The fourth-order valence-corrected chi connectivity index (χ4v) is 3.95. The van der Waals surface area contributed by atoms with Crippen molar-refractivity contribution in [3.05, 3.63) is 52.8 Å². The predicted octanol–water partition coefficient (Wildman–Crippen LogP) is 3.97. The summed E-state index contributed by atoms with van der Waals surface area (Å²) < 4.78 is 2.08. The summed E-state index contributed by atoms with van der Waals surface area (Å²) in [4.78, 5) is 6.94. The number of nitrogens with one attached hydrogen (secondary N) is 1. The van der Waals surface area contributed by atoms with E-state index >= 15 is 0 Å². The zero-order valence-electron chi connectivity index (χ0n) is 11.6. The van der Waals surface area contributed by atoms with Gasteiger partial charge < -0.3 is 5.32 Å². The number of hydrogen-bond donors (Lipinski definition) is 1. The van der Waals surface area contributed by atoms with Crippen molar-refractivity contribution in [3.63, 3.8) is 0 Å². The fourth-order valence-electron chi connectivity index (χ4n) is 2.10. The Bertz CT molecular complexity index is 677. The molecule has 0 saturated heterocycles. The Morgan fingerprint density at radius 2 is 2.19 bits per heavy atom. The molecule has 0 radical (unpaired) electrons. The van der Waals surface area contributed by atoms with Crippen molar-refractivity contribution in [2.24, 2.45) is 0 Å². The van der Waals surface area contributed by atoms with Gasteiger partial charge in [0.15, 0.2) is 4.96 Å². The van der Waals surface area contributed by atoms with E-state index in [0.717, 1.165) is 27.9 Å². The molecule has 0 aliphatic rings. The topological polar surface area (TPSA) is 29.3 Å². The third-order valence-corrected chi connectivity index (χ3v) is 5.47. The number of aromatic nitrogens is 2. The molecule has 0 amide bonds. The molecule has 1 unspecified atom stereocenters. The van der Waals surface area contributed by atoms with E-state index in [9.17, 15) is 0 Å². The van der Waals surface area contributed by atoms with Crippen molar-refractivity contribution in [2.45, 2.75) is 17.4 Å². The van der Waals surface area contributed by atoms with E-state index in [1.807, 2.05) is 37.1 Å².